The van der Waals surface area contributed by atoms with Gasteiger partial charge in [0, 0.05) is 20.8 Å². The predicted octanol–water partition coefficient (Wildman–Crippen LogP) is 1.39. The van der Waals surface area contributed by atoms with Crippen molar-refractivity contribution < 1.29 is 18.0 Å². The minimum Gasteiger partial charge on any atom is -0.375 e. The van der Waals surface area contributed by atoms with Gasteiger partial charge in [0.15, 0.2) is 0 Å². The number of hydrogen-bond acceptors (Lipinski definition) is 4. The van der Waals surface area contributed by atoms with Gasteiger partial charge < -0.3 is 18.0 Å². The molecule has 0 fully saturated rings. The molecule has 0 spiro atoms. The summed E-state index contributed by atoms with van der Waals surface area (Å²) in [5.41, 5.74) is 0.969. The van der Waals surface area contributed by atoms with Crippen LogP contribution in [0.25, 0.3) is 0 Å². The van der Waals surface area contributed by atoms with Crippen molar-refractivity contribution in [2.45, 2.75) is 13.8 Å². The van der Waals surface area contributed by atoms with Crippen LogP contribution in [0.1, 0.15) is 13.8 Å². The minimum absolute atomic E-state index is 0.362. The van der Waals surface area contributed by atoms with Crippen molar-refractivity contribution in [1.82, 2.24) is 0 Å². The second-order valence-electron chi connectivity index (χ2n) is 2.97. The first kappa shape index (κ1) is 13.8. The van der Waals surface area contributed by atoms with Gasteiger partial charge >= 0.3 is 8.80 Å². The highest BCUT2D eigenvalue weighted by Gasteiger charge is 2.39. The van der Waals surface area contributed by atoms with Crippen LogP contribution in [0.3, 0.4) is 0 Å². The second-order valence-corrected chi connectivity index (χ2v) is 5.73. The van der Waals surface area contributed by atoms with E-state index in [1.165, 1.54) is 0 Å². The van der Waals surface area contributed by atoms with Crippen LogP contribution >= 0.6 is 0 Å². The highest BCUT2D eigenvalue weighted by atomic mass is 28.4. The lowest BCUT2D eigenvalue weighted by Crippen LogP contribution is -2.49. The van der Waals surface area contributed by atoms with Crippen molar-refractivity contribution in [1.29, 1.82) is 0 Å². The van der Waals surface area contributed by atoms with Crippen LogP contribution in [-0.4, -0.2) is 42.5 Å². The molecule has 0 saturated heterocycles. The monoisotopic (exact) mass is 220 g/mol. The average molecular weight is 220 g/mol. The van der Waals surface area contributed by atoms with Gasteiger partial charge in [-0.2, -0.15) is 0 Å². The molecule has 14 heavy (non-hydrogen) atoms. The Morgan fingerprint density at radius 2 is 1.86 bits per heavy atom. The maximum atomic E-state index is 5.45. The second kappa shape index (κ2) is 7.14. The molecule has 0 aliphatic carbocycles. The Balaban J connectivity index is 4.00. The molecule has 0 saturated carbocycles. The van der Waals surface area contributed by atoms with E-state index in [-0.39, 0.29) is 0 Å². The van der Waals surface area contributed by atoms with Gasteiger partial charge in [-0.3, -0.25) is 0 Å². The van der Waals surface area contributed by atoms with Crippen LogP contribution in [0.5, 0.6) is 0 Å². The summed E-state index contributed by atoms with van der Waals surface area (Å²) in [6.45, 7) is 8.62. The van der Waals surface area contributed by atoms with E-state index in [4.69, 9.17) is 18.0 Å². The van der Waals surface area contributed by atoms with Crippen molar-refractivity contribution in [3.63, 3.8) is 0 Å². The van der Waals surface area contributed by atoms with E-state index in [1.54, 1.807) is 14.2 Å². The van der Waals surface area contributed by atoms with E-state index in [2.05, 4.69) is 6.58 Å². The minimum atomic E-state index is -2.57. The molecule has 84 valence electrons. The number of hydrogen-bond donors (Lipinski definition) is 0. The smallest absolute Gasteiger partial charge is 0.375 e. The summed E-state index contributed by atoms with van der Waals surface area (Å²) in [7, 11) is 0.584. The summed E-state index contributed by atoms with van der Waals surface area (Å²) in [5.74, 6) is 0. The Labute approximate surface area is 87.2 Å². The third kappa shape index (κ3) is 4.87. The first-order chi connectivity index (χ1) is 6.60. The standard InChI is InChI=1S/C9H20O4Si/c1-6-13-14(10-4,11-5)8-12-7-9(2)3/h2,6-8H2,1,3-5H3. The van der Waals surface area contributed by atoms with Crippen molar-refractivity contribution in [3.05, 3.63) is 12.2 Å². The molecule has 0 aromatic heterocycles. The summed E-state index contributed by atoms with van der Waals surface area (Å²) in [4.78, 5) is 0. The van der Waals surface area contributed by atoms with Gasteiger partial charge in [0.25, 0.3) is 0 Å². The molecule has 0 heterocycles. The predicted molar refractivity (Wildman–Crippen MR) is 57.0 cm³/mol. The van der Waals surface area contributed by atoms with Gasteiger partial charge in [0.1, 0.15) is 6.23 Å². The van der Waals surface area contributed by atoms with Crippen LogP contribution in [0.15, 0.2) is 12.2 Å². The fourth-order valence-electron chi connectivity index (χ4n) is 0.931. The molecule has 0 amide bonds. The van der Waals surface area contributed by atoms with Crippen LogP contribution in [-0.2, 0) is 18.0 Å². The van der Waals surface area contributed by atoms with E-state index in [9.17, 15) is 0 Å². The van der Waals surface area contributed by atoms with Gasteiger partial charge in [-0.1, -0.05) is 12.2 Å². The van der Waals surface area contributed by atoms with Crippen molar-refractivity contribution in [2.75, 3.05) is 33.7 Å². The first-order valence-corrected chi connectivity index (χ1v) is 6.49. The molecule has 0 unspecified atom stereocenters. The normalized spacial score (nSPS) is 11.7. The van der Waals surface area contributed by atoms with Gasteiger partial charge in [-0.15, -0.1) is 0 Å². The highest BCUT2D eigenvalue weighted by Crippen LogP contribution is 2.08. The number of rotatable bonds is 8. The molecule has 0 N–H and O–H groups in total. The number of ether oxygens (including phenoxy) is 1. The first-order valence-electron chi connectivity index (χ1n) is 4.56. The summed E-state index contributed by atoms with van der Waals surface area (Å²) in [6.07, 6.45) is 0.362. The molecular formula is C9H20O4Si. The molecule has 0 aliphatic rings. The van der Waals surface area contributed by atoms with Crippen molar-refractivity contribution in [3.8, 4) is 0 Å². The molecule has 0 rings (SSSR count). The average Bonchev–Trinajstić information content (AvgIpc) is 2.16. The van der Waals surface area contributed by atoms with Crippen molar-refractivity contribution >= 4 is 8.80 Å². The molecule has 0 aromatic rings. The Hall–Kier alpha value is -0.203. The maximum Gasteiger partial charge on any atom is 0.527 e. The van der Waals surface area contributed by atoms with Crippen LogP contribution < -0.4 is 0 Å². The van der Waals surface area contributed by atoms with Crippen LogP contribution in [0.4, 0.5) is 0 Å². The topological polar surface area (TPSA) is 36.9 Å². The quantitative estimate of drug-likeness (QED) is 0.457. The lowest BCUT2D eigenvalue weighted by molar-refractivity contribution is 0.0577. The van der Waals surface area contributed by atoms with Crippen LogP contribution in [0, 0.1) is 0 Å². The van der Waals surface area contributed by atoms with Crippen molar-refractivity contribution in [2.24, 2.45) is 0 Å². The molecule has 4 nitrogen and oxygen atoms in total. The Kier molecular flexibility index (Phi) is 7.03. The Morgan fingerprint density at radius 1 is 1.29 bits per heavy atom. The fourth-order valence-corrected chi connectivity index (χ4v) is 2.44. The van der Waals surface area contributed by atoms with E-state index in [1.807, 2.05) is 13.8 Å². The zero-order chi connectivity index (χ0) is 11.0. The summed E-state index contributed by atoms with van der Waals surface area (Å²) >= 11 is 0. The largest absolute Gasteiger partial charge is 0.527 e. The summed E-state index contributed by atoms with van der Waals surface area (Å²) in [6, 6.07) is 0. The highest BCUT2D eigenvalue weighted by molar-refractivity contribution is 6.60. The van der Waals surface area contributed by atoms with Gasteiger partial charge in [0.05, 0.1) is 6.61 Å². The third-order valence-electron chi connectivity index (χ3n) is 1.61. The third-order valence-corrected chi connectivity index (χ3v) is 4.14. The zero-order valence-electron chi connectivity index (χ0n) is 9.46. The van der Waals surface area contributed by atoms with E-state index in [0.29, 0.717) is 19.4 Å². The Morgan fingerprint density at radius 3 is 2.21 bits per heavy atom. The zero-order valence-corrected chi connectivity index (χ0v) is 10.5. The fraction of sp³-hybridized carbons (Fsp3) is 0.778. The molecular weight excluding hydrogens is 200 g/mol. The molecule has 5 heteroatoms. The van der Waals surface area contributed by atoms with E-state index < -0.39 is 8.80 Å². The van der Waals surface area contributed by atoms with E-state index >= 15 is 0 Å². The summed E-state index contributed by atoms with van der Waals surface area (Å²) in [5, 5.41) is 0. The molecule has 0 bridgehead atoms. The summed E-state index contributed by atoms with van der Waals surface area (Å²) < 4.78 is 21.3. The molecule has 0 aromatic carbocycles. The lowest BCUT2D eigenvalue weighted by Gasteiger charge is -2.25. The van der Waals surface area contributed by atoms with Gasteiger partial charge in [0.2, 0.25) is 0 Å². The maximum absolute atomic E-state index is 5.45. The van der Waals surface area contributed by atoms with Crippen LogP contribution in [0.2, 0.25) is 0 Å². The van der Waals surface area contributed by atoms with Gasteiger partial charge in [-0.05, 0) is 13.8 Å². The molecule has 0 aliphatic heterocycles. The molecule has 0 atom stereocenters. The SMILES string of the molecule is C=C(C)COC[Si](OC)(OC)OCC. The van der Waals surface area contributed by atoms with E-state index in [0.717, 1.165) is 5.57 Å². The molecule has 0 radical (unpaired) electrons. The Bertz CT molecular complexity index is 168. The lowest BCUT2D eigenvalue weighted by atomic mass is 10.4. The van der Waals surface area contributed by atoms with Gasteiger partial charge in [-0.25, -0.2) is 0 Å².